The summed E-state index contributed by atoms with van der Waals surface area (Å²) in [6.07, 6.45) is 3.92. The van der Waals surface area contributed by atoms with Crippen molar-refractivity contribution < 1.29 is 4.42 Å². The number of aromatic nitrogens is 1. The molecule has 1 saturated heterocycles. The van der Waals surface area contributed by atoms with Gasteiger partial charge in [-0.15, -0.1) is 0 Å². The topological polar surface area (TPSA) is 65.7 Å². The van der Waals surface area contributed by atoms with E-state index in [4.69, 9.17) is 4.42 Å². The zero-order valence-corrected chi connectivity index (χ0v) is 18.3. The highest BCUT2D eigenvalue weighted by atomic mass is 16.3. The van der Waals surface area contributed by atoms with E-state index in [-0.39, 0.29) is 0 Å². The van der Waals surface area contributed by atoms with Crippen LogP contribution in [0.3, 0.4) is 0 Å². The predicted molar refractivity (Wildman–Crippen MR) is 125 cm³/mol. The highest BCUT2D eigenvalue weighted by Crippen LogP contribution is 2.19. The van der Waals surface area contributed by atoms with Gasteiger partial charge in [0.2, 0.25) is 5.89 Å². The van der Waals surface area contributed by atoms with Gasteiger partial charge in [0, 0.05) is 38.3 Å². The van der Waals surface area contributed by atoms with Crippen molar-refractivity contribution in [2.75, 3.05) is 20.1 Å². The lowest BCUT2D eigenvalue weighted by molar-refractivity contribution is 0.198. The van der Waals surface area contributed by atoms with Crippen molar-refractivity contribution in [1.29, 1.82) is 0 Å². The van der Waals surface area contributed by atoms with Gasteiger partial charge in [-0.1, -0.05) is 48.0 Å². The molecule has 1 aliphatic heterocycles. The minimum atomic E-state index is 0.429. The summed E-state index contributed by atoms with van der Waals surface area (Å²) >= 11 is 0. The largest absolute Gasteiger partial charge is 0.444 e. The molecular weight excluding hydrogens is 386 g/mol. The van der Waals surface area contributed by atoms with Gasteiger partial charge in [0.05, 0.1) is 12.2 Å². The molecule has 1 aromatic heterocycles. The maximum absolute atomic E-state index is 5.65. The second-order valence-electron chi connectivity index (χ2n) is 8.12. The van der Waals surface area contributed by atoms with E-state index in [2.05, 4.69) is 74.9 Å². The molecule has 4 rings (SSSR count). The Hall–Kier alpha value is -3.12. The second-order valence-corrected chi connectivity index (χ2v) is 8.12. The standard InChI is InChI=1S/C25H31N5O/c1-19-8-10-21(11-9-19)24-28-23(18-31-24)16-27-25(26-2)29-22-12-14-30(15-13-22)17-20-6-4-3-5-7-20/h3-11,18,22H,12-17H2,1-2H3,(H2,26,27,29). The smallest absolute Gasteiger partial charge is 0.226 e. The zero-order chi connectivity index (χ0) is 21.5. The van der Waals surface area contributed by atoms with Crippen molar-refractivity contribution in [3.63, 3.8) is 0 Å². The van der Waals surface area contributed by atoms with E-state index in [1.807, 2.05) is 12.1 Å². The molecule has 0 spiro atoms. The minimum absolute atomic E-state index is 0.429. The van der Waals surface area contributed by atoms with Gasteiger partial charge < -0.3 is 15.1 Å². The highest BCUT2D eigenvalue weighted by Gasteiger charge is 2.20. The van der Waals surface area contributed by atoms with Gasteiger partial charge >= 0.3 is 0 Å². The van der Waals surface area contributed by atoms with Crippen LogP contribution in [-0.2, 0) is 13.1 Å². The van der Waals surface area contributed by atoms with Gasteiger partial charge in [0.1, 0.15) is 6.26 Å². The third kappa shape index (κ3) is 5.95. The number of likely N-dealkylation sites (tertiary alicyclic amines) is 1. The van der Waals surface area contributed by atoms with Crippen molar-refractivity contribution >= 4 is 5.96 Å². The lowest BCUT2D eigenvalue weighted by Gasteiger charge is -2.33. The number of benzene rings is 2. The van der Waals surface area contributed by atoms with E-state index in [0.717, 1.165) is 49.7 Å². The Labute approximate surface area is 184 Å². The van der Waals surface area contributed by atoms with Crippen LogP contribution in [-0.4, -0.2) is 42.0 Å². The van der Waals surface area contributed by atoms with Crippen LogP contribution in [0.25, 0.3) is 11.5 Å². The Morgan fingerprint density at radius 1 is 1.10 bits per heavy atom. The predicted octanol–water partition coefficient (Wildman–Crippen LogP) is 3.98. The Bertz CT molecular complexity index is 973. The first-order valence-electron chi connectivity index (χ1n) is 10.9. The van der Waals surface area contributed by atoms with Crippen LogP contribution in [0.15, 0.2) is 70.3 Å². The summed E-state index contributed by atoms with van der Waals surface area (Å²) in [6.45, 7) is 5.85. The average molecular weight is 418 g/mol. The number of aliphatic imine (C=N–C) groups is 1. The molecule has 2 aromatic carbocycles. The molecule has 3 aromatic rings. The van der Waals surface area contributed by atoms with E-state index in [1.165, 1.54) is 11.1 Å². The normalized spacial score (nSPS) is 15.7. The summed E-state index contributed by atoms with van der Waals surface area (Å²) in [6, 6.07) is 19.3. The van der Waals surface area contributed by atoms with Gasteiger partial charge in [-0.3, -0.25) is 9.89 Å². The molecule has 0 radical (unpaired) electrons. The number of guanidine groups is 1. The van der Waals surface area contributed by atoms with E-state index in [9.17, 15) is 0 Å². The maximum atomic E-state index is 5.65. The number of hydrogen-bond donors (Lipinski definition) is 2. The van der Waals surface area contributed by atoms with Crippen LogP contribution < -0.4 is 10.6 Å². The van der Waals surface area contributed by atoms with E-state index in [1.54, 1.807) is 13.3 Å². The van der Waals surface area contributed by atoms with E-state index in [0.29, 0.717) is 18.5 Å². The molecular formula is C25H31N5O. The maximum Gasteiger partial charge on any atom is 0.226 e. The Morgan fingerprint density at radius 2 is 1.84 bits per heavy atom. The first-order valence-corrected chi connectivity index (χ1v) is 10.9. The van der Waals surface area contributed by atoms with Crippen LogP contribution in [0.5, 0.6) is 0 Å². The van der Waals surface area contributed by atoms with Crippen LogP contribution >= 0.6 is 0 Å². The second kappa shape index (κ2) is 10.3. The molecule has 0 atom stereocenters. The minimum Gasteiger partial charge on any atom is -0.444 e. The third-order valence-electron chi connectivity index (χ3n) is 5.69. The Balaban J connectivity index is 1.23. The van der Waals surface area contributed by atoms with Crippen molar-refractivity contribution in [1.82, 2.24) is 20.5 Å². The number of nitrogens with one attached hydrogen (secondary N) is 2. The zero-order valence-electron chi connectivity index (χ0n) is 18.3. The lowest BCUT2D eigenvalue weighted by atomic mass is 10.0. The number of oxazole rings is 1. The van der Waals surface area contributed by atoms with Crippen LogP contribution in [0.1, 0.15) is 29.7 Å². The highest BCUT2D eigenvalue weighted by molar-refractivity contribution is 5.79. The lowest BCUT2D eigenvalue weighted by Crippen LogP contribution is -2.48. The molecule has 0 unspecified atom stereocenters. The van der Waals surface area contributed by atoms with E-state index < -0.39 is 0 Å². The molecule has 6 heteroatoms. The molecule has 6 nitrogen and oxygen atoms in total. The van der Waals surface area contributed by atoms with Crippen molar-refractivity contribution in [2.45, 2.75) is 38.9 Å². The summed E-state index contributed by atoms with van der Waals surface area (Å²) in [4.78, 5) is 11.5. The summed E-state index contributed by atoms with van der Waals surface area (Å²) in [5, 5.41) is 6.92. The Kier molecular flexibility index (Phi) is 6.99. The first-order chi connectivity index (χ1) is 15.2. The van der Waals surface area contributed by atoms with E-state index >= 15 is 0 Å². The monoisotopic (exact) mass is 417 g/mol. The van der Waals surface area contributed by atoms with Gasteiger partial charge in [0.25, 0.3) is 0 Å². The summed E-state index contributed by atoms with van der Waals surface area (Å²) < 4.78 is 5.65. The van der Waals surface area contributed by atoms with Crippen molar-refractivity contribution in [3.8, 4) is 11.5 Å². The fourth-order valence-corrected chi connectivity index (χ4v) is 3.86. The van der Waals surface area contributed by atoms with Gasteiger partial charge in [-0.05, 0) is 37.5 Å². The third-order valence-corrected chi connectivity index (χ3v) is 5.69. The fourth-order valence-electron chi connectivity index (χ4n) is 3.86. The number of rotatable bonds is 6. The SMILES string of the molecule is CN=C(NCc1coc(-c2ccc(C)cc2)n1)NC1CCN(Cc2ccccc2)CC1. The summed E-state index contributed by atoms with van der Waals surface area (Å²) in [5.74, 6) is 1.45. The van der Waals surface area contributed by atoms with Gasteiger partial charge in [0.15, 0.2) is 5.96 Å². The van der Waals surface area contributed by atoms with Crippen LogP contribution in [0.2, 0.25) is 0 Å². The number of hydrogen-bond acceptors (Lipinski definition) is 4. The molecule has 2 N–H and O–H groups in total. The molecule has 162 valence electrons. The molecule has 0 amide bonds. The molecule has 0 saturated carbocycles. The van der Waals surface area contributed by atoms with Crippen LogP contribution in [0.4, 0.5) is 0 Å². The van der Waals surface area contributed by atoms with Crippen molar-refractivity contribution in [2.24, 2.45) is 4.99 Å². The molecule has 1 aliphatic rings. The number of nitrogens with zero attached hydrogens (tertiary/aromatic N) is 3. The quantitative estimate of drug-likeness (QED) is 0.469. The summed E-state index contributed by atoms with van der Waals surface area (Å²) in [5.41, 5.74) is 4.44. The fraction of sp³-hybridized carbons (Fsp3) is 0.360. The molecule has 2 heterocycles. The number of aryl methyl sites for hydroxylation is 1. The summed E-state index contributed by atoms with van der Waals surface area (Å²) in [7, 11) is 1.81. The first kappa shape index (κ1) is 21.1. The number of piperidine rings is 1. The molecule has 31 heavy (non-hydrogen) atoms. The molecule has 0 bridgehead atoms. The Morgan fingerprint density at radius 3 is 2.55 bits per heavy atom. The van der Waals surface area contributed by atoms with Crippen LogP contribution in [0, 0.1) is 6.92 Å². The molecule has 0 aliphatic carbocycles. The average Bonchev–Trinajstić information content (AvgIpc) is 3.28. The molecule has 1 fully saturated rings. The van der Waals surface area contributed by atoms with Gasteiger partial charge in [-0.2, -0.15) is 0 Å². The van der Waals surface area contributed by atoms with Gasteiger partial charge in [-0.25, -0.2) is 4.98 Å². The van der Waals surface area contributed by atoms with Crippen molar-refractivity contribution in [3.05, 3.63) is 77.7 Å².